The van der Waals surface area contributed by atoms with E-state index in [-0.39, 0.29) is 11.3 Å². The molecule has 0 amide bonds. The van der Waals surface area contributed by atoms with E-state index in [1.807, 2.05) is 4.90 Å². The zero-order valence-corrected chi connectivity index (χ0v) is 12.6. The van der Waals surface area contributed by atoms with Crippen LogP contribution in [0.3, 0.4) is 0 Å². The van der Waals surface area contributed by atoms with Crippen molar-refractivity contribution in [3.05, 3.63) is 47.0 Å². The SMILES string of the molecule is FC(F)(F)C(c1ccccc1)c1csc(N2CCNCC2)n1. The molecule has 1 fully saturated rings. The molecule has 1 aromatic carbocycles. The molecule has 22 heavy (non-hydrogen) atoms. The number of aromatic nitrogens is 1. The van der Waals surface area contributed by atoms with Gasteiger partial charge in [0.05, 0.1) is 5.69 Å². The van der Waals surface area contributed by atoms with Crippen LogP contribution in [0.5, 0.6) is 0 Å². The second-order valence-corrected chi connectivity index (χ2v) is 6.01. The number of rotatable bonds is 3. The third kappa shape index (κ3) is 3.25. The minimum absolute atomic E-state index is 0.0808. The Morgan fingerprint density at radius 2 is 1.82 bits per heavy atom. The summed E-state index contributed by atoms with van der Waals surface area (Å²) in [5.74, 6) is -1.67. The maximum absolute atomic E-state index is 13.5. The molecular formula is C15H16F3N3S. The van der Waals surface area contributed by atoms with Gasteiger partial charge in [0.25, 0.3) is 0 Å². The van der Waals surface area contributed by atoms with Crippen molar-refractivity contribution in [1.82, 2.24) is 10.3 Å². The number of benzene rings is 1. The summed E-state index contributed by atoms with van der Waals surface area (Å²) in [4.78, 5) is 6.30. The first-order valence-corrected chi connectivity index (χ1v) is 7.96. The number of alkyl halides is 3. The fourth-order valence-corrected chi connectivity index (χ4v) is 3.49. The van der Waals surface area contributed by atoms with Gasteiger partial charge in [-0.15, -0.1) is 11.3 Å². The molecule has 2 aromatic rings. The number of thiazole rings is 1. The predicted octanol–water partition coefficient (Wildman–Crippen LogP) is 3.25. The molecule has 1 aromatic heterocycles. The predicted molar refractivity (Wildman–Crippen MR) is 81.5 cm³/mol. The lowest BCUT2D eigenvalue weighted by Crippen LogP contribution is -2.43. The summed E-state index contributed by atoms with van der Waals surface area (Å²) >= 11 is 1.28. The molecular weight excluding hydrogens is 311 g/mol. The van der Waals surface area contributed by atoms with Gasteiger partial charge in [0, 0.05) is 31.6 Å². The van der Waals surface area contributed by atoms with Crippen molar-refractivity contribution in [2.45, 2.75) is 12.1 Å². The van der Waals surface area contributed by atoms with E-state index in [0.29, 0.717) is 5.13 Å². The van der Waals surface area contributed by atoms with E-state index in [1.165, 1.54) is 28.8 Å². The van der Waals surface area contributed by atoms with Gasteiger partial charge in [-0.25, -0.2) is 4.98 Å². The van der Waals surface area contributed by atoms with Crippen LogP contribution in [0.4, 0.5) is 18.3 Å². The normalized spacial score (nSPS) is 17.5. The Bertz CT molecular complexity index is 606. The molecule has 1 aliphatic heterocycles. The van der Waals surface area contributed by atoms with Crippen molar-refractivity contribution in [2.75, 3.05) is 31.1 Å². The molecule has 2 heterocycles. The van der Waals surface area contributed by atoms with Crippen LogP contribution in [-0.4, -0.2) is 37.3 Å². The lowest BCUT2D eigenvalue weighted by Gasteiger charge is -2.26. The molecule has 0 bridgehead atoms. The highest BCUT2D eigenvalue weighted by Gasteiger charge is 2.43. The van der Waals surface area contributed by atoms with Crippen LogP contribution in [0.2, 0.25) is 0 Å². The molecule has 1 saturated heterocycles. The van der Waals surface area contributed by atoms with E-state index in [2.05, 4.69) is 10.3 Å². The fourth-order valence-electron chi connectivity index (χ4n) is 2.58. The molecule has 1 unspecified atom stereocenters. The van der Waals surface area contributed by atoms with Gasteiger partial charge in [-0.1, -0.05) is 30.3 Å². The zero-order valence-electron chi connectivity index (χ0n) is 11.8. The second-order valence-electron chi connectivity index (χ2n) is 5.18. The van der Waals surface area contributed by atoms with Crippen LogP contribution in [0.1, 0.15) is 17.2 Å². The molecule has 0 saturated carbocycles. The molecule has 0 radical (unpaired) electrons. The molecule has 118 valence electrons. The quantitative estimate of drug-likeness (QED) is 0.938. The van der Waals surface area contributed by atoms with E-state index in [4.69, 9.17) is 0 Å². The van der Waals surface area contributed by atoms with E-state index in [9.17, 15) is 13.2 Å². The zero-order chi connectivity index (χ0) is 15.6. The summed E-state index contributed by atoms with van der Waals surface area (Å²) in [5, 5.41) is 5.42. The van der Waals surface area contributed by atoms with Crippen molar-refractivity contribution in [2.24, 2.45) is 0 Å². The Morgan fingerprint density at radius 3 is 2.45 bits per heavy atom. The maximum Gasteiger partial charge on any atom is 0.401 e. The largest absolute Gasteiger partial charge is 0.401 e. The van der Waals surface area contributed by atoms with Crippen LogP contribution in [0.25, 0.3) is 0 Å². The van der Waals surface area contributed by atoms with Gasteiger partial charge in [0.2, 0.25) is 0 Å². The highest BCUT2D eigenvalue weighted by atomic mass is 32.1. The van der Waals surface area contributed by atoms with Crippen molar-refractivity contribution < 1.29 is 13.2 Å². The van der Waals surface area contributed by atoms with Crippen LogP contribution in [0.15, 0.2) is 35.7 Å². The molecule has 0 spiro atoms. The smallest absolute Gasteiger partial charge is 0.346 e. The minimum Gasteiger partial charge on any atom is -0.346 e. The van der Waals surface area contributed by atoms with E-state index >= 15 is 0 Å². The van der Waals surface area contributed by atoms with Crippen molar-refractivity contribution in [3.8, 4) is 0 Å². The topological polar surface area (TPSA) is 28.2 Å². The Hall–Kier alpha value is -1.60. The second kappa shape index (κ2) is 6.26. The Kier molecular flexibility index (Phi) is 4.35. The van der Waals surface area contributed by atoms with E-state index in [0.717, 1.165) is 26.2 Å². The van der Waals surface area contributed by atoms with Crippen LogP contribution in [0, 0.1) is 0 Å². The van der Waals surface area contributed by atoms with Gasteiger partial charge in [-0.05, 0) is 5.56 Å². The Balaban J connectivity index is 1.91. The Morgan fingerprint density at radius 1 is 1.14 bits per heavy atom. The van der Waals surface area contributed by atoms with Gasteiger partial charge >= 0.3 is 6.18 Å². The first-order valence-electron chi connectivity index (χ1n) is 7.08. The lowest BCUT2D eigenvalue weighted by molar-refractivity contribution is -0.141. The molecule has 1 aliphatic rings. The number of hydrogen-bond donors (Lipinski definition) is 1. The summed E-state index contributed by atoms with van der Waals surface area (Å²) in [7, 11) is 0. The molecule has 3 rings (SSSR count). The first-order chi connectivity index (χ1) is 10.6. The number of nitrogens with zero attached hydrogens (tertiary/aromatic N) is 2. The fraction of sp³-hybridized carbons (Fsp3) is 0.400. The minimum atomic E-state index is -4.35. The summed E-state index contributed by atoms with van der Waals surface area (Å²) < 4.78 is 40.5. The standard InChI is InChI=1S/C15H16F3N3S/c16-15(17,18)13(11-4-2-1-3-5-11)12-10-22-14(20-12)21-8-6-19-7-9-21/h1-5,10,13,19H,6-9H2. The number of anilines is 1. The van der Waals surface area contributed by atoms with Gasteiger partial charge in [-0.2, -0.15) is 13.2 Å². The van der Waals surface area contributed by atoms with Gasteiger partial charge in [-0.3, -0.25) is 0 Å². The molecule has 7 heteroatoms. The van der Waals surface area contributed by atoms with Gasteiger partial charge in [0.15, 0.2) is 5.13 Å². The van der Waals surface area contributed by atoms with Crippen molar-refractivity contribution >= 4 is 16.5 Å². The van der Waals surface area contributed by atoms with Crippen molar-refractivity contribution in [3.63, 3.8) is 0 Å². The molecule has 3 nitrogen and oxygen atoms in total. The van der Waals surface area contributed by atoms with Gasteiger partial charge in [0.1, 0.15) is 5.92 Å². The number of piperazine rings is 1. The lowest BCUT2D eigenvalue weighted by atomic mass is 9.96. The van der Waals surface area contributed by atoms with E-state index < -0.39 is 12.1 Å². The highest BCUT2D eigenvalue weighted by molar-refractivity contribution is 7.13. The molecule has 0 aliphatic carbocycles. The first kappa shape index (κ1) is 15.3. The Labute approximate surface area is 130 Å². The van der Waals surface area contributed by atoms with Crippen LogP contribution < -0.4 is 10.2 Å². The third-order valence-corrected chi connectivity index (χ3v) is 4.57. The van der Waals surface area contributed by atoms with Crippen LogP contribution >= 0.6 is 11.3 Å². The van der Waals surface area contributed by atoms with Crippen LogP contribution in [-0.2, 0) is 0 Å². The van der Waals surface area contributed by atoms with Crippen molar-refractivity contribution in [1.29, 1.82) is 0 Å². The number of halogens is 3. The molecule has 1 N–H and O–H groups in total. The maximum atomic E-state index is 13.5. The van der Waals surface area contributed by atoms with E-state index in [1.54, 1.807) is 18.2 Å². The average Bonchev–Trinajstić information content (AvgIpc) is 2.97. The average molecular weight is 327 g/mol. The summed E-state index contributed by atoms with van der Waals surface area (Å²) in [6.07, 6.45) is -4.35. The number of hydrogen-bond acceptors (Lipinski definition) is 4. The molecule has 1 atom stereocenters. The summed E-state index contributed by atoms with van der Waals surface area (Å²) in [6.45, 7) is 3.20. The monoisotopic (exact) mass is 327 g/mol. The number of nitrogens with one attached hydrogen (secondary N) is 1. The van der Waals surface area contributed by atoms with Gasteiger partial charge < -0.3 is 10.2 Å². The third-order valence-electron chi connectivity index (χ3n) is 3.65. The summed E-state index contributed by atoms with van der Waals surface area (Å²) in [6, 6.07) is 7.96. The highest BCUT2D eigenvalue weighted by Crippen LogP contribution is 2.41. The summed E-state index contributed by atoms with van der Waals surface area (Å²) in [5.41, 5.74) is 0.310.